The number of nitrogens with one attached hydrogen (secondary N) is 1. The molecule has 0 spiro atoms. The molecule has 0 bridgehead atoms. The molecule has 2 aromatic carbocycles. The van der Waals surface area contributed by atoms with Crippen LogP contribution in [-0.2, 0) is 0 Å². The third-order valence-electron chi connectivity index (χ3n) is 8.28. The maximum atomic E-state index is 9.62. The fourth-order valence-corrected chi connectivity index (χ4v) is 6.14. The van der Waals surface area contributed by atoms with Crippen molar-refractivity contribution in [2.45, 2.75) is 25.0 Å². The number of aliphatic hydroxyl groups excluding tert-OH is 1. The first-order chi connectivity index (χ1) is 20.5. The Morgan fingerprint density at radius 2 is 1.74 bits per heavy atom. The van der Waals surface area contributed by atoms with Gasteiger partial charge in [-0.2, -0.15) is 4.98 Å². The Hall–Kier alpha value is -4.19. The lowest BCUT2D eigenvalue weighted by atomic mass is 9.87. The lowest BCUT2D eigenvalue weighted by molar-refractivity contribution is -0.000361. The molecule has 1 saturated heterocycles. The van der Waals surface area contributed by atoms with Gasteiger partial charge < -0.3 is 24.8 Å². The second kappa shape index (κ2) is 10.9. The summed E-state index contributed by atoms with van der Waals surface area (Å²) in [5, 5.41) is 22.7. The first-order valence-corrected chi connectivity index (χ1v) is 14.3. The van der Waals surface area contributed by atoms with Crippen LogP contribution in [0, 0.1) is 0 Å². The summed E-state index contributed by atoms with van der Waals surface area (Å²) in [6.07, 6.45) is 5.11. The summed E-state index contributed by atoms with van der Waals surface area (Å²) in [5.41, 5.74) is 4.82. The van der Waals surface area contributed by atoms with Gasteiger partial charge in [0, 0.05) is 72.4 Å². The van der Waals surface area contributed by atoms with E-state index >= 15 is 0 Å². The zero-order valence-electron chi connectivity index (χ0n) is 23.4. The second-order valence-electron chi connectivity index (χ2n) is 10.7. The van der Waals surface area contributed by atoms with Crippen molar-refractivity contribution < 1.29 is 14.6 Å². The van der Waals surface area contributed by atoms with Crippen LogP contribution >= 0.6 is 11.6 Å². The number of anilines is 3. The van der Waals surface area contributed by atoms with Crippen LogP contribution in [0.2, 0.25) is 5.02 Å². The van der Waals surface area contributed by atoms with Crippen LogP contribution in [-0.4, -0.2) is 87.1 Å². The third-order valence-corrected chi connectivity index (χ3v) is 8.67. The van der Waals surface area contributed by atoms with Crippen molar-refractivity contribution in [2.24, 2.45) is 0 Å². The number of pyridine rings is 1. The fraction of sp³-hybridized carbons (Fsp3) is 0.333. The van der Waals surface area contributed by atoms with Gasteiger partial charge in [0.1, 0.15) is 17.8 Å². The smallest absolute Gasteiger partial charge is 0.229 e. The fourth-order valence-electron chi connectivity index (χ4n) is 5.85. The van der Waals surface area contributed by atoms with Crippen LogP contribution < -0.4 is 19.7 Å². The van der Waals surface area contributed by atoms with Crippen LogP contribution in [0.25, 0.3) is 27.8 Å². The summed E-state index contributed by atoms with van der Waals surface area (Å²) >= 11 is 6.71. The maximum Gasteiger partial charge on any atom is 0.229 e. The molecule has 1 aliphatic carbocycles. The highest BCUT2D eigenvalue weighted by atomic mass is 35.5. The largest absolute Gasteiger partial charge is 0.497 e. The van der Waals surface area contributed by atoms with Crippen LogP contribution in [0.5, 0.6) is 11.5 Å². The van der Waals surface area contributed by atoms with Crippen molar-refractivity contribution in [3.63, 3.8) is 0 Å². The number of nitrogens with zero attached hydrogens (tertiary/aromatic N) is 7. The predicted molar refractivity (Wildman–Crippen MR) is 162 cm³/mol. The van der Waals surface area contributed by atoms with Gasteiger partial charge in [-0.1, -0.05) is 11.6 Å². The highest BCUT2D eigenvalue weighted by Gasteiger charge is 2.33. The molecule has 0 radical (unpaired) electrons. The number of aromatic nitrogens is 5. The quantitative estimate of drug-likeness (QED) is 0.284. The molecule has 0 atom stereocenters. The standard InChI is InChI=1S/C30H31ClN8O3/c1-41-23-14-24(27(31)26(15-23)42-2)25-11-18-16-32-30(35-28(18)39-17-33-36-29(25)39)34-19-3-5-20(6-4-19)37-7-9-38(10-8-37)21-12-22(40)13-21/h3-6,11,14-17,21-22,40H,7-10,12-13H2,1-2H3,(H,32,34,35). The van der Waals surface area contributed by atoms with E-state index in [0.29, 0.717) is 45.4 Å². The van der Waals surface area contributed by atoms with Crippen molar-refractivity contribution in [3.05, 3.63) is 60.0 Å². The number of hydrogen-bond donors (Lipinski definition) is 2. The van der Waals surface area contributed by atoms with Gasteiger partial charge in [0.05, 0.1) is 25.3 Å². The molecule has 4 heterocycles. The van der Waals surface area contributed by atoms with Crippen LogP contribution in [0.4, 0.5) is 17.3 Å². The Morgan fingerprint density at radius 1 is 0.952 bits per heavy atom. The molecule has 216 valence electrons. The summed E-state index contributed by atoms with van der Waals surface area (Å²) in [6.45, 7) is 4.02. The minimum absolute atomic E-state index is 0.109. The van der Waals surface area contributed by atoms with Crippen molar-refractivity contribution in [1.82, 2.24) is 29.5 Å². The molecule has 5 aromatic rings. The van der Waals surface area contributed by atoms with E-state index in [1.54, 1.807) is 32.8 Å². The summed E-state index contributed by atoms with van der Waals surface area (Å²) < 4.78 is 12.8. The zero-order chi connectivity index (χ0) is 28.8. The number of fused-ring (bicyclic) bond motifs is 3. The van der Waals surface area contributed by atoms with E-state index in [2.05, 4.69) is 42.4 Å². The number of hydrogen-bond acceptors (Lipinski definition) is 10. The lowest BCUT2D eigenvalue weighted by Crippen LogP contribution is -2.55. The van der Waals surface area contributed by atoms with Gasteiger partial charge in [0.2, 0.25) is 5.95 Å². The molecular weight excluding hydrogens is 556 g/mol. The first-order valence-electron chi connectivity index (χ1n) is 14.0. The van der Waals surface area contributed by atoms with Gasteiger partial charge in [-0.3, -0.25) is 9.30 Å². The monoisotopic (exact) mass is 586 g/mol. The van der Waals surface area contributed by atoms with Gasteiger partial charge in [0.25, 0.3) is 0 Å². The van der Waals surface area contributed by atoms with Gasteiger partial charge in [-0.15, -0.1) is 10.2 Å². The Balaban J connectivity index is 1.12. The van der Waals surface area contributed by atoms with Crippen LogP contribution in [0.3, 0.4) is 0 Å². The van der Waals surface area contributed by atoms with Gasteiger partial charge in [0.15, 0.2) is 11.3 Å². The number of halogens is 1. The number of benzene rings is 2. The summed E-state index contributed by atoms with van der Waals surface area (Å²) in [7, 11) is 3.16. The van der Waals surface area contributed by atoms with Crippen molar-refractivity contribution in [2.75, 3.05) is 50.6 Å². The summed E-state index contributed by atoms with van der Waals surface area (Å²) in [4.78, 5) is 14.3. The molecule has 2 aliphatic rings. The second-order valence-corrected chi connectivity index (χ2v) is 11.1. The SMILES string of the molecule is COc1cc(OC)c(Cl)c(-c2cc3cnc(Nc4ccc(N5CCN(C6CC(O)C6)CC5)cc4)nc3n3cnnc23)c1. The molecular formula is C30H31ClN8O3. The highest BCUT2D eigenvalue weighted by molar-refractivity contribution is 6.35. The van der Waals surface area contributed by atoms with E-state index in [4.69, 9.17) is 26.1 Å². The molecule has 11 nitrogen and oxygen atoms in total. The normalized spacial score (nSPS) is 19.2. The highest BCUT2D eigenvalue weighted by Crippen LogP contribution is 2.41. The van der Waals surface area contributed by atoms with E-state index < -0.39 is 0 Å². The molecule has 2 N–H and O–H groups in total. The van der Waals surface area contributed by atoms with Gasteiger partial charge in [-0.25, -0.2) is 4.98 Å². The van der Waals surface area contributed by atoms with Crippen LogP contribution in [0.15, 0.2) is 55.0 Å². The number of piperazine rings is 1. The first kappa shape index (κ1) is 26.7. The Kier molecular flexibility index (Phi) is 6.93. The minimum atomic E-state index is -0.109. The zero-order valence-corrected chi connectivity index (χ0v) is 24.1. The maximum absolute atomic E-state index is 9.62. The Morgan fingerprint density at radius 3 is 2.45 bits per heavy atom. The molecule has 42 heavy (non-hydrogen) atoms. The summed E-state index contributed by atoms with van der Waals surface area (Å²) in [6, 6.07) is 14.4. The average molecular weight is 587 g/mol. The van der Waals surface area contributed by atoms with E-state index in [0.717, 1.165) is 55.7 Å². The number of rotatable bonds is 7. The number of methoxy groups -OCH3 is 2. The van der Waals surface area contributed by atoms with E-state index in [1.165, 1.54) is 5.69 Å². The molecule has 1 saturated carbocycles. The molecule has 3 aromatic heterocycles. The minimum Gasteiger partial charge on any atom is -0.497 e. The number of ether oxygens (including phenoxy) is 2. The Labute approximate surface area is 247 Å². The van der Waals surface area contributed by atoms with Crippen molar-refractivity contribution >= 4 is 45.6 Å². The topological polar surface area (TPSA) is 113 Å². The molecule has 0 unspecified atom stereocenters. The van der Waals surface area contributed by atoms with E-state index in [9.17, 15) is 5.11 Å². The molecule has 2 fully saturated rings. The van der Waals surface area contributed by atoms with Crippen LogP contribution in [0.1, 0.15) is 12.8 Å². The average Bonchev–Trinajstić information content (AvgIpc) is 3.51. The van der Waals surface area contributed by atoms with Crippen molar-refractivity contribution in [1.29, 1.82) is 0 Å². The van der Waals surface area contributed by atoms with Gasteiger partial charge in [-0.05, 0) is 49.2 Å². The number of aliphatic hydroxyl groups is 1. The molecule has 0 amide bonds. The predicted octanol–water partition coefficient (Wildman–Crippen LogP) is 4.40. The summed E-state index contributed by atoms with van der Waals surface area (Å²) in [5.74, 6) is 1.58. The Bertz CT molecular complexity index is 1750. The lowest BCUT2D eigenvalue weighted by Gasteiger charge is -2.45. The van der Waals surface area contributed by atoms with E-state index in [1.807, 2.05) is 28.7 Å². The molecule has 1 aliphatic heterocycles. The van der Waals surface area contributed by atoms with Crippen molar-refractivity contribution in [3.8, 4) is 22.6 Å². The molecule has 12 heteroatoms. The third kappa shape index (κ3) is 4.83. The molecule has 7 rings (SSSR count). The van der Waals surface area contributed by atoms with E-state index in [-0.39, 0.29) is 6.10 Å². The van der Waals surface area contributed by atoms with Gasteiger partial charge >= 0.3 is 0 Å².